The van der Waals surface area contributed by atoms with Crippen molar-refractivity contribution in [3.63, 3.8) is 0 Å². The summed E-state index contributed by atoms with van der Waals surface area (Å²) in [5, 5.41) is 0. The van der Waals surface area contributed by atoms with Crippen molar-refractivity contribution >= 4 is 17.6 Å². The molecule has 6 nitrogen and oxygen atoms in total. The Kier molecular flexibility index (Phi) is 6.36. The summed E-state index contributed by atoms with van der Waals surface area (Å²) in [6, 6.07) is 7.06. The van der Waals surface area contributed by atoms with E-state index in [4.69, 9.17) is 15.2 Å². The number of nitrogens with zero attached hydrogens (tertiary/aromatic N) is 1. The zero-order valence-electron chi connectivity index (χ0n) is 11.8. The largest absolute Gasteiger partial charge is 0.491 e. The highest BCUT2D eigenvalue weighted by atomic mass is 16.5. The van der Waals surface area contributed by atoms with E-state index in [0.717, 1.165) is 0 Å². The number of para-hydroxylation sites is 2. The lowest BCUT2D eigenvalue weighted by Gasteiger charge is -2.11. The molecule has 0 heterocycles. The van der Waals surface area contributed by atoms with Crippen molar-refractivity contribution in [2.75, 3.05) is 33.0 Å². The Morgan fingerprint density at radius 1 is 1.15 bits per heavy atom. The summed E-state index contributed by atoms with van der Waals surface area (Å²) >= 11 is 0. The van der Waals surface area contributed by atoms with E-state index in [1.54, 1.807) is 38.4 Å². The normalized spacial score (nSPS) is 9.90. The Hall–Kier alpha value is -2.24. The summed E-state index contributed by atoms with van der Waals surface area (Å²) in [6.07, 6.45) is 0.301. The summed E-state index contributed by atoms with van der Waals surface area (Å²) in [5.41, 5.74) is 6.22. The minimum absolute atomic E-state index is 0.0777. The van der Waals surface area contributed by atoms with E-state index in [1.165, 1.54) is 4.90 Å². The molecule has 20 heavy (non-hydrogen) atoms. The number of amides is 1. The lowest BCUT2D eigenvalue weighted by atomic mass is 10.3. The van der Waals surface area contributed by atoms with Gasteiger partial charge < -0.3 is 20.1 Å². The maximum absolute atomic E-state index is 11.4. The van der Waals surface area contributed by atoms with Gasteiger partial charge in [-0.05, 0) is 12.1 Å². The van der Waals surface area contributed by atoms with Crippen LogP contribution in [-0.2, 0) is 14.3 Å². The summed E-state index contributed by atoms with van der Waals surface area (Å²) in [5.74, 6) is 0.0697. The van der Waals surface area contributed by atoms with Gasteiger partial charge in [-0.15, -0.1) is 0 Å². The molecule has 0 fully saturated rings. The average Bonchev–Trinajstić information content (AvgIpc) is 2.40. The van der Waals surface area contributed by atoms with Crippen LogP contribution in [0, 0.1) is 0 Å². The molecule has 1 amide bonds. The second kappa shape index (κ2) is 8.04. The molecule has 0 spiro atoms. The van der Waals surface area contributed by atoms with Gasteiger partial charge in [-0.3, -0.25) is 9.59 Å². The van der Waals surface area contributed by atoms with Crippen LogP contribution >= 0.6 is 0 Å². The van der Waals surface area contributed by atoms with Gasteiger partial charge in [-0.2, -0.15) is 0 Å². The Bertz CT molecular complexity index is 460. The smallest absolute Gasteiger partial charge is 0.309 e. The molecule has 0 aliphatic rings. The van der Waals surface area contributed by atoms with Gasteiger partial charge in [0, 0.05) is 14.1 Å². The molecule has 0 saturated carbocycles. The van der Waals surface area contributed by atoms with E-state index >= 15 is 0 Å². The molecule has 0 saturated heterocycles. The molecule has 110 valence electrons. The first-order valence-corrected chi connectivity index (χ1v) is 6.34. The van der Waals surface area contributed by atoms with Crippen molar-refractivity contribution in [1.29, 1.82) is 0 Å². The number of nitrogen functional groups attached to an aromatic ring is 1. The lowest BCUT2D eigenvalue weighted by Crippen LogP contribution is -2.23. The van der Waals surface area contributed by atoms with Crippen molar-refractivity contribution in [3.8, 4) is 5.75 Å². The molecule has 0 aliphatic carbocycles. The molecule has 1 rings (SSSR count). The molecule has 0 bridgehead atoms. The number of anilines is 1. The van der Waals surface area contributed by atoms with Crippen LogP contribution in [0.1, 0.15) is 12.8 Å². The van der Waals surface area contributed by atoms with Gasteiger partial charge in [0.1, 0.15) is 12.4 Å². The molecule has 1 aromatic rings. The predicted molar refractivity (Wildman–Crippen MR) is 75.2 cm³/mol. The lowest BCUT2D eigenvalue weighted by molar-refractivity contribution is -0.145. The second-order valence-corrected chi connectivity index (χ2v) is 4.39. The molecular weight excluding hydrogens is 260 g/mol. The fraction of sp³-hybridized carbons (Fsp3) is 0.429. The number of hydrogen-bond acceptors (Lipinski definition) is 5. The van der Waals surface area contributed by atoms with Gasteiger partial charge in [0.25, 0.3) is 0 Å². The first kappa shape index (κ1) is 15.8. The quantitative estimate of drug-likeness (QED) is 0.596. The fourth-order valence-electron chi connectivity index (χ4n) is 1.40. The molecule has 1 aromatic carbocycles. The van der Waals surface area contributed by atoms with Crippen LogP contribution in [0.25, 0.3) is 0 Å². The third-order valence-electron chi connectivity index (χ3n) is 2.56. The maximum atomic E-state index is 11.4. The molecule has 0 atom stereocenters. The van der Waals surface area contributed by atoms with Crippen molar-refractivity contribution in [1.82, 2.24) is 4.90 Å². The topological polar surface area (TPSA) is 81.9 Å². The zero-order valence-corrected chi connectivity index (χ0v) is 11.8. The Labute approximate surface area is 118 Å². The summed E-state index contributed by atoms with van der Waals surface area (Å²) in [7, 11) is 3.31. The van der Waals surface area contributed by atoms with Crippen LogP contribution in [0.2, 0.25) is 0 Å². The predicted octanol–water partition coefficient (Wildman–Crippen LogP) is 1.06. The van der Waals surface area contributed by atoms with E-state index in [1.807, 2.05) is 0 Å². The Morgan fingerprint density at radius 3 is 2.50 bits per heavy atom. The van der Waals surface area contributed by atoms with Crippen LogP contribution in [0.5, 0.6) is 5.75 Å². The number of ether oxygens (including phenoxy) is 2. The van der Waals surface area contributed by atoms with Crippen molar-refractivity contribution < 1.29 is 19.1 Å². The minimum Gasteiger partial charge on any atom is -0.491 e. The van der Waals surface area contributed by atoms with Crippen LogP contribution in [0.3, 0.4) is 0 Å². The van der Waals surface area contributed by atoms with Crippen LogP contribution < -0.4 is 10.5 Å². The Balaban J connectivity index is 2.18. The molecule has 6 heteroatoms. The molecule has 2 N–H and O–H groups in total. The molecule has 0 aliphatic heterocycles. The van der Waals surface area contributed by atoms with E-state index < -0.39 is 5.97 Å². The van der Waals surface area contributed by atoms with Crippen molar-refractivity contribution in [2.24, 2.45) is 0 Å². The van der Waals surface area contributed by atoms with Gasteiger partial charge >= 0.3 is 5.97 Å². The first-order chi connectivity index (χ1) is 9.50. The monoisotopic (exact) mass is 280 g/mol. The molecule has 0 radical (unpaired) electrons. The number of nitrogens with two attached hydrogens (primary N) is 1. The maximum Gasteiger partial charge on any atom is 0.309 e. The average molecular weight is 280 g/mol. The third-order valence-corrected chi connectivity index (χ3v) is 2.56. The first-order valence-electron chi connectivity index (χ1n) is 6.34. The van der Waals surface area contributed by atoms with E-state index in [9.17, 15) is 9.59 Å². The molecular formula is C14H20N2O4. The van der Waals surface area contributed by atoms with Gasteiger partial charge in [0.05, 0.1) is 25.1 Å². The van der Waals surface area contributed by atoms with Crippen LogP contribution in [0.4, 0.5) is 5.69 Å². The van der Waals surface area contributed by atoms with Crippen molar-refractivity contribution in [3.05, 3.63) is 24.3 Å². The summed E-state index contributed by atoms with van der Waals surface area (Å²) in [6.45, 7) is 0.276. The number of hydrogen-bond donors (Lipinski definition) is 1. The van der Waals surface area contributed by atoms with Gasteiger partial charge in [0.15, 0.2) is 0 Å². The zero-order chi connectivity index (χ0) is 15.0. The van der Waals surface area contributed by atoms with Gasteiger partial charge in [-0.1, -0.05) is 12.1 Å². The number of benzene rings is 1. The highest BCUT2D eigenvalue weighted by Gasteiger charge is 2.08. The van der Waals surface area contributed by atoms with E-state index in [2.05, 4.69) is 0 Å². The van der Waals surface area contributed by atoms with Gasteiger partial charge in [0.2, 0.25) is 5.91 Å². The minimum atomic E-state index is -0.397. The number of rotatable bonds is 7. The van der Waals surface area contributed by atoms with E-state index in [-0.39, 0.29) is 32.0 Å². The summed E-state index contributed by atoms with van der Waals surface area (Å²) < 4.78 is 10.3. The highest BCUT2D eigenvalue weighted by molar-refractivity contribution is 5.76. The van der Waals surface area contributed by atoms with Crippen LogP contribution in [-0.4, -0.2) is 44.1 Å². The molecule has 0 aromatic heterocycles. The number of carbonyl (C=O) groups is 2. The third kappa shape index (κ3) is 5.60. The van der Waals surface area contributed by atoms with Crippen molar-refractivity contribution in [2.45, 2.75) is 12.8 Å². The van der Waals surface area contributed by atoms with Gasteiger partial charge in [-0.25, -0.2) is 0 Å². The fourth-order valence-corrected chi connectivity index (χ4v) is 1.40. The van der Waals surface area contributed by atoms with E-state index in [0.29, 0.717) is 11.4 Å². The standard InChI is InChI=1S/C14H20N2O4/c1-16(2)13(17)7-9-20-14(18)8-10-19-12-6-4-3-5-11(12)15/h3-6H,7-10,15H2,1-2H3. The molecule has 0 unspecified atom stereocenters. The highest BCUT2D eigenvalue weighted by Crippen LogP contribution is 2.19. The summed E-state index contributed by atoms with van der Waals surface area (Å²) in [4.78, 5) is 24.1. The van der Waals surface area contributed by atoms with Crippen LogP contribution in [0.15, 0.2) is 24.3 Å². The SMILES string of the molecule is CN(C)C(=O)CCOC(=O)CCOc1ccccc1N. The number of esters is 1. The Morgan fingerprint density at radius 2 is 1.85 bits per heavy atom. The second-order valence-electron chi connectivity index (χ2n) is 4.39. The number of carbonyl (C=O) groups excluding carboxylic acids is 2.